The SMILES string of the molecule is CC1(C)CC(c2ccccc2C(F)(F)F)c2cc(CO)c(F)cc21. The predicted octanol–water partition coefficient (Wildman–Crippen LogP) is 5.15. The van der Waals surface area contributed by atoms with E-state index in [4.69, 9.17) is 0 Å². The molecule has 0 amide bonds. The minimum absolute atomic E-state index is 0.112. The van der Waals surface area contributed by atoms with Gasteiger partial charge in [-0.3, -0.25) is 0 Å². The molecule has 0 bridgehead atoms. The standard InChI is InChI=1S/C19H18F4O/c1-18(2)9-14(12-5-3-4-6-15(12)19(21,22)23)13-7-11(10-24)17(20)8-16(13)18/h3-8,14,24H,9-10H2,1-2H3. The summed E-state index contributed by atoms with van der Waals surface area (Å²) in [6, 6.07) is 8.40. The quantitative estimate of drug-likeness (QED) is 0.751. The van der Waals surface area contributed by atoms with Gasteiger partial charge in [-0.05, 0) is 46.7 Å². The summed E-state index contributed by atoms with van der Waals surface area (Å²) < 4.78 is 54.2. The molecule has 1 unspecified atom stereocenters. The summed E-state index contributed by atoms with van der Waals surface area (Å²) in [4.78, 5) is 0. The Morgan fingerprint density at radius 1 is 1.12 bits per heavy atom. The fraction of sp³-hybridized carbons (Fsp3) is 0.368. The van der Waals surface area contributed by atoms with Gasteiger partial charge in [0.25, 0.3) is 0 Å². The molecule has 2 aromatic rings. The molecule has 0 spiro atoms. The molecule has 1 N–H and O–H groups in total. The Labute approximate surface area is 137 Å². The summed E-state index contributed by atoms with van der Waals surface area (Å²) in [5.74, 6) is -0.993. The van der Waals surface area contributed by atoms with Gasteiger partial charge in [-0.2, -0.15) is 13.2 Å². The lowest BCUT2D eigenvalue weighted by molar-refractivity contribution is -0.138. The number of benzene rings is 2. The lowest BCUT2D eigenvalue weighted by atomic mass is 9.84. The van der Waals surface area contributed by atoms with Crippen LogP contribution >= 0.6 is 0 Å². The molecule has 0 fully saturated rings. The molecule has 3 rings (SSSR count). The Kier molecular flexibility index (Phi) is 3.95. The van der Waals surface area contributed by atoms with Crippen molar-refractivity contribution in [3.05, 3.63) is 70.0 Å². The predicted molar refractivity (Wildman–Crippen MR) is 83.3 cm³/mol. The highest BCUT2D eigenvalue weighted by atomic mass is 19.4. The van der Waals surface area contributed by atoms with E-state index >= 15 is 0 Å². The fourth-order valence-corrected chi connectivity index (χ4v) is 3.70. The average Bonchev–Trinajstić information content (AvgIpc) is 2.77. The largest absolute Gasteiger partial charge is 0.416 e. The summed E-state index contributed by atoms with van der Waals surface area (Å²) in [6.45, 7) is 3.33. The molecule has 0 aromatic heterocycles. The van der Waals surface area contributed by atoms with E-state index in [1.807, 2.05) is 13.8 Å². The van der Waals surface area contributed by atoms with E-state index in [2.05, 4.69) is 0 Å². The van der Waals surface area contributed by atoms with Gasteiger partial charge in [0.15, 0.2) is 0 Å². The van der Waals surface area contributed by atoms with Crippen LogP contribution in [0.3, 0.4) is 0 Å². The maximum atomic E-state index is 14.0. The highest BCUT2D eigenvalue weighted by molar-refractivity contribution is 5.51. The van der Waals surface area contributed by atoms with Crippen molar-refractivity contribution in [3.63, 3.8) is 0 Å². The van der Waals surface area contributed by atoms with E-state index in [0.29, 0.717) is 17.5 Å². The van der Waals surface area contributed by atoms with Gasteiger partial charge in [0.05, 0.1) is 12.2 Å². The molecule has 0 saturated carbocycles. The average molecular weight is 338 g/mol. The number of fused-ring (bicyclic) bond motifs is 1. The second kappa shape index (κ2) is 5.59. The maximum absolute atomic E-state index is 14.0. The Morgan fingerprint density at radius 2 is 1.79 bits per heavy atom. The van der Waals surface area contributed by atoms with Gasteiger partial charge in [-0.1, -0.05) is 32.0 Å². The molecule has 1 atom stereocenters. The zero-order valence-corrected chi connectivity index (χ0v) is 13.4. The van der Waals surface area contributed by atoms with Crippen LogP contribution in [0.2, 0.25) is 0 Å². The van der Waals surface area contributed by atoms with E-state index in [1.54, 1.807) is 6.07 Å². The topological polar surface area (TPSA) is 20.2 Å². The summed E-state index contributed by atoms with van der Waals surface area (Å²) in [5, 5.41) is 9.30. The second-order valence-electron chi connectivity index (χ2n) is 6.91. The molecular formula is C19H18F4O. The third-order valence-electron chi connectivity index (χ3n) is 4.85. The number of halogens is 4. The van der Waals surface area contributed by atoms with Crippen LogP contribution in [0.25, 0.3) is 0 Å². The number of hydrogen-bond acceptors (Lipinski definition) is 1. The third-order valence-corrected chi connectivity index (χ3v) is 4.85. The number of hydrogen-bond donors (Lipinski definition) is 1. The fourth-order valence-electron chi connectivity index (χ4n) is 3.70. The molecule has 1 aliphatic rings. The molecule has 0 saturated heterocycles. The van der Waals surface area contributed by atoms with Crippen LogP contribution in [0.15, 0.2) is 36.4 Å². The van der Waals surface area contributed by atoms with Crippen molar-refractivity contribution in [2.75, 3.05) is 0 Å². The number of rotatable bonds is 2. The van der Waals surface area contributed by atoms with Gasteiger partial charge in [0.2, 0.25) is 0 Å². The highest BCUT2D eigenvalue weighted by Gasteiger charge is 2.42. The van der Waals surface area contributed by atoms with E-state index < -0.39 is 35.5 Å². The van der Waals surface area contributed by atoms with Crippen LogP contribution in [-0.2, 0) is 18.2 Å². The van der Waals surface area contributed by atoms with Gasteiger partial charge >= 0.3 is 6.18 Å². The third kappa shape index (κ3) is 2.71. The monoisotopic (exact) mass is 338 g/mol. The lowest BCUT2D eigenvalue weighted by Gasteiger charge is -2.21. The summed E-state index contributed by atoms with van der Waals surface area (Å²) in [5.41, 5.74) is 0.594. The van der Waals surface area contributed by atoms with Gasteiger partial charge in [-0.25, -0.2) is 4.39 Å². The first-order valence-corrected chi connectivity index (χ1v) is 7.75. The van der Waals surface area contributed by atoms with Gasteiger partial charge in [-0.15, -0.1) is 0 Å². The van der Waals surface area contributed by atoms with Crippen molar-refractivity contribution < 1.29 is 22.7 Å². The van der Waals surface area contributed by atoms with Crippen molar-refractivity contribution >= 4 is 0 Å². The van der Waals surface area contributed by atoms with Crippen molar-refractivity contribution in [1.82, 2.24) is 0 Å². The van der Waals surface area contributed by atoms with Crippen molar-refractivity contribution in [2.24, 2.45) is 0 Å². The van der Waals surface area contributed by atoms with E-state index in [-0.39, 0.29) is 11.1 Å². The van der Waals surface area contributed by atoms with E-state index in [9.17, 15) is 22.7 Å². The molecule has 0 aliphatic heterocycles. The minimum Gasteiger partial charge on any atom is -0.392 e. The number of alkyl halides is 3. The van der Waals surface area contributed by atoms with Gasteiger partial charge in [0.1, 0.15) is 5.82 Å². The molecule has 24 heavy (non-hydrogen) atoms. The highest BCUT2D eigenvalue weighted by Crippen LogP contribution is 2.51. The molecule has 1 nitrogen and oxygen atoms in total. The molecule has 128 valence electrons. The van der Waals surface area contributed by atoms with Crippen LogP contribution in [0.5, 0.6) is 0 Å². The summed E-state index contributed by atoms with van der Waals surface area (Å²) in [6.07, 6.45) is -3.98. The Morgan fingerprint density at radius 3 is 2.42 bits per heavy atom. The number of aliphatic hydroxyl groups is 1. The smallest absolute Gasteiger partial charge is 0.392 e. The number of aliphatic hydroxyl groups excluding tert-OH is 1. The van der Waals surface area contributed by atoms with Crippen molar-refractivity contribution in [3.8, 4) is 0 Å². The summed E-state index contributed by atoms with van der Waals surface area (Å²) >= 11 is 0. The molecule has 0 heterocycles. The molecule has 1 aliphatic carbocycles. The van der Waals surface area contributed by atoms with Gasteiger partial charge < -0.3 is 5.11 Å². The minimum atomic E-state index is -4.44. The first-order chi connectivity index (χ1) is 11.1. The van der Waals surface area contributed by atoms with Crippen LogP contribution in [-0.4, -0.2) is 5.11 Å². The van der Waals surface area contributed by atoms with Crippen LogP contribution in [0.4, 0.5) is 17.6 Å². The van der Waals surface area contributed by atoms with Crippen LogP contribution in [0.1, 0.15) is 54.0 Å². The maximum Gasteiger partial charge on any atom is 0.416 e. The molecule has 5 heteroatoms. The normalized spacial score (nSPS) is 19.4. The van der Waals surface area contributed by atoms with Gasteiger partial charge in [0, 0.05) is 11.5 Å². The second-order valence-corrected chi connectivity index (χ2v) is 6.91. The zero-order valence-electron chi connectivity index (χ0n) is 13.4. The molecule has 2 aromatic carbocycles. The Hall–Kier alpha value is -1.88. The molecular weight excluding hydrogens is 320 g/mol. The van der Waals surface area contributed by atoms with Crippen molar-refractivity contribution in [1.29, 1.82) is 0 Å². The lowest BCUT2D eigenvalue weighted by Crippen LogP contribution is -2.14. The summed E-state index contributed by atoms with van der Waals surface area (Å²) in [7, 11) is 0. The van der Waals surface area contributed by atoms with E-state index in [1.165, 1.54) is 24.3 Å². The Balaban J connectivity index is 2.21. The molecule has 0 radical (unpaired) electrons. The zero-order chi connectivity index (χ0) is 17.7. The Bertz CT molecular complexity index is 777. The first-order valence-electron chi connectivity index (χ1n) is 7.75. The van der Waals surface area contributed by atoms with Crippen molar-refractivity contribution in [2.45, 2.75) is 44.4 Å². The first kappa shape index (κ1) is 17.0. The van der Waals surface area contributed by atoms with E-state index in [0.717, 1.165) is 6.07 Å². The van der Waals surface area contributed by atoms with Crippen LogP contribution in [0, 0.1) is 5.82 Å². The van der Waals surface area contributed by atoms with Crippen LogP contribution < -0.4 is 0 Å².